The minimum absolute atomic E-state index is 0.00523. The van der Waals surface area contributed by atoms with Crippen molar-refractivity contribution < 1.29 is 18.3 Å². The minimum atomic E-state index is -3.41. The van der Waals surface area contributed by atoms with E-state index in [-0.39, 0.29) is 17.3 Å². The number of aliphatic hydroxyl groups is 1. The van der Waals surface area contributed by atoms with Gasteiger partial charge in [0.1, 0.15) is 5.75 Å². The molecule has 1 aromatic rings. The van der Waals surface area contributed by atoms with Crippen LogP contribution in [0.3, 0.4) is 0 Å². The average Bonchev–Trinajstić information content (AvgIpc) is 2.37. The minimum Gasteiger partial charge on any atom is -0.495 e. The molecule has 0 aliphatic carbocycles. The van der Waals surface area contributed by atoms with Crippen molar-refractivity contribution in [1.82, 2.24) is 4.90 Å². The highest BCUT2D eigenvalue weighted by molar-refractivity contribution is 7.91. The SMILES string of the molecule is COc1cc(S(=O)(=O)CCN(C)CCO)c(C)cc1N. The number of ether oxygens (including phenoxy) is 1. The maximum atomic E-state index is 12.4. The number of aliphatic hydroxyl groups excluding tert-OH is 1. The van der Waals surface area contributed by atoms with Crippen LogP contribution in [-0.4, -0.2) is 58.0 Å². The zero-order chi connectivity index (χ0) is 15.3. The summed E-state index contributed by atoms with van der Waals surface area (Å²) in [6.07, 6.45) is 0. The van der Waals surface area contributed by atoms with Crippen LogP contribution in [0.4, 0.5) is 5.69 Å². The van der Waals surface area contributed by atoms with Gasteiger partial charge in [-0.2, -0.15) is 0 Å². The van der Waals surface area contributed by atoms with Crippen LogP contribution in [0.25, 0.3) is 0 Å². The molecule has 7 heteroatoms. The van der Waals surface area contributed by atoms with E-state index in [1.54, 1.807) is 24.9 Å². The number of nitrogens with two attached hydrogens (primary N) is 1. The van der Waals surface area contributed by atoms with Gasteiger partial charge in [-0.3, -0.25) is 0 Å². The van der Waals surface area contributed by atoms with Gasteiger partial charge in [0, 0.05) is 19.2 Å². The highest BCUT2D eigenvalue weighted by Crippen LogP contribution is 2.28. The van der Waals surface area contributed by atoms with Gasteiger partial charge in [0.25, 0.3) is 0 Å². The predicted molar refractivity (Wildman–Crippen MR) is 78.8 cm³/mol. The maximum Gasteiger partial charge on any atom is 0.180 e. The van der Waals surface area contributed by atoms with Gasteiger partial charge in [0.15, 0.2) is 9.84 Å². The molecule has 1 rings (SSSR count). The Hall–Kier alpha value is -1.31. The van der Waals surface area contributed by atoms with Crippen LogP contribution in [0.2, 0.25) is 0 Å². The summed E-state index contributed by atoms with van der Waals surface area (Å²) in [5.74, 6) is 0.343. The Morgan fingerprint density at radius 1 is 1.35 bits per heavy atom. The van der Waals surface area contributed by atoms with Crippen molar-refractivity contribution in [2.45, 2.75) is 11.8 Å². The molecule has 0 saturated carbocycles. The van der Waals surface area contributed by atoms with E-state index in [9.17, 15) is 8.42 Å². The second-order valence-electron chi connectivity index (χ2n) is 4.71. The van der Waals surface area contributed by atoms with Crippen LogP contribution in [0.1, 0.15) is 5.56 Å². The highest BCUT2D eigenvalue weighted by atomic mass is 32.2. The van der Waals surface area contributed by atoms with E-state index in [0.717, 1.165) is 0 Å². The summed E-state index contributed by atoms with van der Waals surface area (Å²) in [6, 6.07) is 3.06. The van der Waals surface area contributed by atoms with Crippen molar-refractivity contribution >= 4 is 15.5 Å². The monoisotopic (exact) mass is 302 g/mol. The normalized spacial score (nSPS) is 11.8. The van der Waals surface area contributed by atoms with Crippen LogP contribution in [0.15, 0.2) is 17.0 Å². The number of hydrogen-bond donors (Lipinski definition) is 2. The van der Waals surface area contributed by atoms with Gasteiger partial charge in [-0.15, -0.1) is 0 Å². The molecule has 0 spiro atoms. The molecule has 0 aliphatic heterocycles. The van der Waals surface area contributed by atoms with Gasteiger partial charge in [0.05, 0.1) is 30.1 Å². The number of likely N-dealkylation sites (N-methyl/N-ethyl adjacent to an activating group) is 1. The molecule has 0 aromatic heterocycles. The van der Waals surface area contributed by atoms with Crippen molar-refractivity contribution in [2.24, 2.45) is 0 Å². The van der Waals surface area contributed by atoms with Crippen molar-refractivity contribution in [1.29, 1.82) is 0 Å². The van der Waals surface area contributed by atoms with Crippen molar-refractivity contribution in [3.8, 4) is 5.75 Å². The lowest BCUT2D eigenvalue weighted by molar-refractivity contribution is 0.227. The highest BCUT2D eigenvalue weighted by Gasteiger charge is 2.20. The zero-order valence-corrected chi connectivity index (χ0v) is 12.9. The fourth-order valence-electron chi connectivity index (χ4n) is 1.87. The number of hydrogen-bond acceptors (Lipinski definition) is 6. The van der Waals surface area contributed by atoms with E-state index in [1.165, 1.54) is 13.2 Å². The molecule has 6 nitrogen and oxygen atoms in total. The van der Waals surface area contributed by atoms with E-state index in [2.05, 4.69) is 0 Å². The summed E-state index contributed by atoms with van der Waals surface area (Å²) >= 11 is 0. The summed E-state index contributed by atoms with van der Waals surface area (Å²) in [5.41, 5.74) is 6.77. The van der Waals surface area contributed by atoms with Crippen LogP contribution in [0, 0.1) is 6.92 Å². The first-order chi connectivity index (χ1) is 9.31. The predicted octanol–water partition coefficient (Wildman–Crippen LogP) is 0.284. The lowest BCUT2D eigenvalue weighted by Crippen LogP contribution is -2.28. The Bertz CT molecular complexity index is 558. The number of sulfone groups is 1. The van der Waals surface area contributed by atoms with Gasteiger partial charge in [-0.1, -0.05) is 0 Å². The Balaban J connectivity index is 2.98. The largest absolute Gasteiger partial charge is 0.495 e. The molecule has 3 N–H and O–H groups in total. The topological polar surface area (TPSA) is 92.9 Å². The average molecular weight is 302 g/mol. The fraction of sp³-hybridized carbons (Fsp3) is 0.538. The molecule has 20 heavy (non-hydrogen) atoms. The summed E-state index contributed by atoms with van der Waals surface area (Å²) < 4.78 is 29.8. The first-order valence-electron chi connectivity index (χ1n) is 6.28. The molecule has 0 fully saturated rings. The molecular weight excluding hydrogens is 280 g/mol. The first kappa shape index (κ1) is 16.7. The molecule has 0 amide bonds. The lowest BCUT2D eigenvalue weighted by Gasteiger charge is -2.16. The van der Waals surface area contributed by atoms with E-state index in [4.69, 9.17) is 15.6 Å². The third-order valence-electron chi connectivity index (χ3n) is 3.09. The molecule has 0 unspecified atom stereocenters. The van der Waals surface area contributed by atoms with Gasteiger partial charge in [-0.05, 0) is 25.6 Å². The quantitative estimate of drug-likeness (QED) is 0.703. The second kappa shape index (κ2) is 6.92. The van der Waals surface area contributed by atoms with Crippen molar-refractivity contribution in [3.05, 3.63) is 17.7 Å². The molecule has 0 aliphatic rings. The molecule has 0 bridgehead atoms. The first-order valence-corrected chi connectivity index (χ1v) is 7.93. The van der Waals surface area contributed by atoms with Crippen molar-refractivity contribution in [3.63, 3.8) is 0 Å². The van der Waals surface area contributed by atoms with Gasteiger partial charge < -0.3 is 20.5 Å². The van der Waals surface area contributed by atoms with Crippen LogP contribution in [0.5, 0.6) is 5.75 Å². The van der Waals surface area contributed by atoms with E-state index in [0.29, 0.717) is 30.1 Å². The third-order valence-corrected chi connectivity index (χ3v) is 4.92. The van der Waals surface area contributed by atoms with Gasteiger partial charge in [0.2, 0.25) is 0 Å². The van der Waals surface area contributed by atoms with Gasteiger partial charge >= 0.3 is 0 Å². The summed E-state index contributed by atoms with van der Waals surface area (Å²) in [5, 5.41) is 8.80. The number of methoxy groups -OCH3 is 1. The van der Waals surface area contributed by atoms with Crippen LogP contribution >= 0.6 is 0 Å². The Morgan fingerprint density at radius 3 is 2.55 bits per heavy atom. The molecule has 1 aromatic carbocycles. The summed E-state index contributed by atoms with van der Waals surface area (Å²) in [6.45, 7) is 2.51. The van der Waals surface area contributed by atoms with Crippen LogP contribution in [-0.2, 0) is 9.84 Å². The molecule has 0 heterocycles. The molecular formula is C13H22N2O4S. The third kappa shape index (κ3) is 4.09. The number of nitrogens with zero attached hydrogens (tertiary/aromatic N) is 1. The summed E-state index contributed by atoms with van der Waals surface area (Å²) in [7, 11) is -0.196. The zero-order valence-electron chi connectivity index (χ0n) is 12.1. The molecule has 114 valence electrons. The smallest absolute Gasteiger partial charge is 0.180 e. The Morgan fingerprint density at radius 2 is 2.00 bits per heavy atom. The van der Waals surface area contributed by atoms with E-state index in [1.807, 2.05) is 0 Å². The Kier molecular flexibility index (Phi) is 5.79. The number of rotatable bonds is 7. The molecule has 0 saturated heterocycles. The second-order valence-corrected chi connectivity index (χ2v) is 6.78. The summed E-state index contributed by atoms with van der Waals surface area (Å²) in [4.78, 5) is 2.00. The standard InChI is InChI=1S/C13H22N2O4S/c1-10-8-11(14)12(19-3)9-13(10)20(17,18)7-5-15(2)4-6-16/h8-9,16H,4-7,14H2,1-3H3. The lowest BCUT2D eigenvalue weighted by atomic mass is 10.2. The maximum absolute atomic E-state index is 12.4. The van der Waals surface area contributed by atoms with E-state index < -0.39 is 9.84 Å². The number of aryl methyl sites for hydroxylation is 1. The van der Waals surface area contributed by atoms with Crippen LogP contribution < -0.4 is 10.5 Å². The number of anilines is 1. The van der Waals surface area contributed by atoms with E-state index >= 15 is 0 Å². The fourth-order valence-corrected chi connectivity index (χ4v) is 3.48. The van der Waals surface area contributed by atoms with Gasteiger partial charge in [-0.25, -0.2) is 8.42 Å². The Labute approximate surface area is 120 Å². The molecule has 0 atom stereocenters. The number of nitrogen functional groups attached to an aromatic ring is 1. The number of benzene rings is 1. The van der Waals surface area contributed by atoms with Crippen molar-refractivity contribution in [2.75, 3.05) is 45.3 Å². The molecule has 0 radical (unpaired) electrons.